The Bertz CT molecular complexity index is 946. The van der Waals surface area contributed by atoms with Crippen molar-refractivity contribution in [1.82, 2.24) is 4.81 Å². The van der Waals surface area contributed by atoms with Gasteiger partial charge in [-0.05, 0) is 54.9 Å². The highest BCUT2D eigenvalue weighted by Crippen LogP contribution is 2.36. The van der Waals surface area contributed by atoms with Gasteiger partial charge in [0, 0.05) is 29.8 Å². The average Bonchev–Trinajstić information content (AvgIpc) is 3.00. The molecule has 10 heteroatoms. The molecule has 0 aromatic heterocycles. The van der Waals surface area contributed by atoms with Crippen LogP contribution in [0.15, 0.2) is 42.5 Å². The third-order valence-corrected chi connectivity index (χ3v) is 6.01. The van der Waals surface area contributed by atoms with Gasteiger partial charge in [-0.1, -0.05) is 35.9 Å². The normalized spacial score (nSPS) is 20.5. The number of hydrogen-bond donors (Lipinski definition) is 2. The predicted octanol–water partition coefficient (Wildman–Crippen LogP) is 2.45. The second-order valence-electron chi connectivity index (χ2n) is 7.84. The number of carbonyl (C=O) groups is 2. The second-order valence-corrected chi connectivity index (χ2v) is 8.27. The molecule has 2 aromatic rings. The quantitative estimate of drug-likeness (QED) is 0.422. The molecule has 1 aliphatic heterocycles. The maximum atomic E-state index is 14.2. The molecule has 2 N–H and O–H groups in total. The Kier molecular flexibility index (Phi) is 8.48. The van der Waals surface area contributed by atoms with E-state index in [1.54, 1.807) is 18.2 Å². The van der Waals surface area contributed by atoms with Crippen molar-refractivity contribution in [3.05, 3.63) is 58.9 Å². The van der Waals surface area contributed by atoms with E-state index in [9.17, 15) is 24.1 Å². The first-order chi connectivity index (χ1) is 15.3. The Hall–Kier alpha value is -2.19. The average molecular weight is 459 g/mol. The van der Waals surface area contributed by atoms with E-state index >= 15 is 0 Å². The Morgan fingerprint density at radius 3 is 2.62 bits per heavy atom. The molecular weight excluding hydrogens is 434 g/mol. The Morgan fingerprint density at radius 2 is 2.00 bits per heavy atom. The second kappa shape index (κ2) is 11.1. The molecule has 1 amide bonds. The molecule has 1 heterocycles. The van der Waals surface area contributed by atoms with Gasteiger partial charge in [-0.25, -0.2) is 4.39 Å². The number of amides is 1. The summed E-state index contributed by atoms with van der Waals surface area (Å²) in [7, 11) is 0.176. The zero-order valence-electron chi connectivity index (χ0n) is 17.7. The van der Waals surface area contributed by atoms with Crippen LogP contribution in [0.25, 0.3) is 11.1 Å². The molecule has 32 heavy (non-hydrogen) atoms. The van der Waals surface area contributed by atoms with Gasteiger partial charge in [-0.3, -0.25) is 4.79 Å². The summed E-state index contributed by atoms with van der Waals surface area (Å²) in [6.45, 7) is 1.33. The third-order valence-electron chi connectivity index (χ3n) is 5.78. The van der Waals surface area contributed by atoms with E-state index in [-0.39, 0.29) is 36.9 Å². The van der Waals surface area contributed by atoms with Crippen LogP contribution in [-0.4, -0.2) is 60.8 Å². The lowest BCUT2D eigenvalue weighted by Gasteiger charge is -2.27. The van der Waals surface area contributed by atoms with E-state index in [1.807, 2.05) is 12.1 Å². The van der Waals surface area contributed by atoms with Crippen molar-refractivity contribution in [2.45, 2.75) is 25.7 Å². The standard InChI is InChI=1S/C22H24B2ClFNO5/c1-24(31)32-12-19-17(8-9-28)21(27(22(19)30)23-13-29)10-14-2-4-15(5-3-14)18-11-16(25)6-7-20(18)26/h2-7,11,13,17,19,21,28,31H,8-10,12H2,1H3. The molecule has 0 spiro atoms. The highest BCUT2D eigenvalue weighted by atomic mass is 35.5. The molecule has 6 nitrogen and oxygen atoms in total. The lowest BCUT2D eigenvalue weighted by atomic mass is 9.83. The molecular formula is C22H24B2ClFNO5. The van der Waals surface area contributed by atoms with Crippen LogP contribution in [0.2, 0.25) is 11.8 Å². The number of benzene rings is 2. The molecule has 0 bridgehead atoms. The fourth-order valence-electron chi connectivity index (χ4n) is 4.27. The van der Waals surface area contributed by atoms with E-state index in [4.69, 9.17) is 16.3 Å². The Labute approximate surface area is 192 Å². The van der Waals surface area contributed by atoms with Crippen molar-refractivity contribution in [3.63, 3.8) is 0 Å². The molecule has 2 aromatic carbocycles. The Morgan fingerprint density at radius 1 is 1.28 bits per heavy atom. The minimum atomic E-state index is -1.03. The molecule has 167 valence electrons. The summed E-state index contributed by atoms with van der Waals surface area (Å²) in [4.78, 5) is 25.5. The number of rotatable bonds is 10. The summed E-state index contributed by atoms with van der Waals surface area (Å²) >= 11 is 5.99. The van der Waals surface area contributed by atoms with Crippen LogP contribution in [-0.2, 0) is 20.7 Å². The largest absolute Gasteiger partial charge is 0.450 e. The van der Waals surface area contributed by atoms with Crippen LogP contribution in [0.3, 0.4) is 0 Å². The van der Waals surface area contributed by atoms with Gasteiger partial charge in [0.25, 0.3) is 0 Å². The SMILES string of the molecule is CB(O)OCC1C(=O)N([B]C=O)C(Cc2ccc(-c3cc(Cl)ccc3F)cc2)C1CCO. The van der Waals surface area contributed by atoms with Crippen LogP contribution in [0, 0.1) is 17.7 Å². The topological polar surface area (TPSA) is 87.1 Å². The maximum absolute atomic E-state index is 14.2. The van der Waals surface area contributed by atoms with Crippen LogP contribution < -0.4 is 0 Å². The van der Waals surface area contributed by atoms with Gasteiger partial charge < -0.3 is 24.4 Å². The first-order valence-corrected chi connectivity index (χ1v) is 10.8. The molecule has 0 aliphatic carbocycles. The molecule has 3 unspecified atom stereocenters. The number of aliphatic hydroxyl groups excluding tert-OH is 1. The van der Waals surface area contributed by atoms with Crippen molar-refractivity contribution < 1.29 is 28.8 Å². The molecule has 3 atom stereocenters. The number of hydrogen-bond acceptors (Lipinski definition) is 5. The number of halogens is 2. The summed E-state index contributed by atoms with van der Waals surface area (Å²) < 4.78 is 19.4. The summed E-state index contributed by atoms with van der Waals surface area (Å²) in [5, 5.41) is 19.5. The van der Waals surface area contributed by atoms with E-state index in [1.165, 1.54) is 31.2 Å². The molecule has 1 radical (unpaired) electrons. The third kappa shape index (κ3) is 5.59. The minimum absolute atomic E-state index is 0.00611. The van der Waals surface area contributed by atoms with Crippen molar-refractivity contribution in [3.8, 4) is 11.1 Å². The van der Waals surface area contributed by atoms with Crippen molar-refractivity contribution in [2.75, 3.05) is 13.2 Å². The first-order valence-electron chi connectivity index (χ1n) is 10.4. The molecule has 1 fully saturated rings. The van der Waals surface area contributed by atoms with Crippen molar-refractivity contribution in [1.29, 1.82) is 0 Å². The van der Waals surface area contributed by atoms with Crippen LogP contribution in [0.5, 0.6) is 0 Å². The van der Waals surface area contributed by atoms with Gasteiger partial charge in [0.05, 0.1) is 5.92 Å². The van der Waals surface area contributed by atoms with Crippen molar-refractivity contribution in [2.24, 2.45) is 11.8 Å². The van der Waals surface area contributed by atoms with Crippen LogP contribution in [0.4, 0.5) is 4.39 Å². The summed E-state index contributed by atoms with van der Waals surface area (Å²) in [5.41, 5.74) is 1.95. The van der Waals surface area contributed by atoms with E-state index in [0.717, 1.165) is 5.56 Å². The van der Waals surface area contributed by atoms with Crippen molar-refractivity contribution >= 4 is 38.2 Å². The fraction of sp³-hybridized carbons (Fsp3) is 0.364. The monoisotopic (exact) mass is 458 g/mol. The zero-order valence-corrected chi connectivity index (χ0v) is 18.4. The summed E-state index contributed by atoms with van der Waals surface area (Å²) in [6.07, 6.45) is 1.34. The number of carbonyl (C=O) groups excluding carboxylic acids is 2. The minimum Gasteiger partial charge on any atom is -0.427 e. The lowest BCUT2D eigenvalue weighted by Crippen LogP contribution is -2.40. The molecule has 1 aliphatic rings. The van der Waals surface area contributed by atoms with Gasteiger partial charge in [0.15, 0.2) is 0 Å². The summed E-state index contributed by atoms with van der Waals surface area (Å²) in [5.74, 6) is -1.51. The molecule has 0 saturated carbocycles. The Balaban J connectivity index is 1.84. The van der Waals surface area contributed by atoms with Crippen LogP contribution >= 0.6 is 11.6 Å². The lowest BCUT2D eigenvalue weighted by molar-refractivity contribution is -0.128. The highest BCUT2D eigenvalue weighted by Gasteiger charge is 2.47. The maximum Gasteiger partial charge on any atom is 0.450 e. The van der Waals surface area contributed by atoms with E-state index in [2.05, 4.69) is 0 Å². The smallest absolute Gasteiger partial charge is 0.427 e. The number of aliphatic hydroxyl groups is 1. The molecule has 3 rings (SSSR count). The number of nitrogens with zero attached hydrogens (tertiary/aromatic N) is 1. The highest BCUT2D eigenvalue weighted by molar-refractivity contribution is 6.66. The van der Waals surface area contributed by atoms with Gasteiger partial charge in [-0.15, -0.1) is 0 Å². The predicted molar refractivity (Wildman–Crippen MR) is 122 cm³/mol. The first kappa shape index (κ1) is 24.5. The van der Waals surface area contributed by atoms with E-state index < -0.39 is 13.0 Å². The van der Waals surface area contributed by atoms with Gasteiger partial charge in [-0.2, -0.15) is 0 Å². The fourth-order valence-corrected chi connectivity index (χ4v) is 4.44. The molecule has 1 saturated heterocycles. The van der Waals surface area contributed by atoms with Gasteiger partial charge in [0.2, 0.25) is 5.91 Å². The van der Waals surface area contributed by atoms with Gasteiger partial charge in [0.1, 0.15) is 12.0 Å². The van der Waals surface area contributed by atoms with Crippen LogP contribution in [0.1, 0.15) is 12.0 Å². The zero-order chi connectivity index (χ0) is 23.3. The van der Waals surface area contributed by atoms with Gasteiger partial charge >= 0.3 is 14.5 Å². The summed E-state index contributed by atoms with van der Waals surface area (Å²) in [6, 6.07) is 11.3. The van der Waals surface area contributed by atoms with E-state index in [0.29, 0.717) is 35.2 Å².